The van der Waals surface area contributed by atoms with Crippen LogP contribution in [0.2, 0.25) is 0 Å². The number of hydrogen-bond donors (Lipinski definition) is 2. The van der Waals surface area contributed by atoms with Crippen LogP contribution in [0.5, 0.6) is 0 Å². The van der Waals surface area contributed by atoms with Crippen molar-refractivity contribution in [3.05, 3.63) is 0 Å². The smallest absolute Gasteiger partial charge is 0.127 e. The van der Waals surface area contributed by atoms with Crippen LogP contribution in [0.4, 0.5) is 4.39 Å². The molecule has 1 aliphatic heterocycles. The zero-order valence-corrected chi connectivity index (χ0v) is 8.06. The van der Waals surface area contributed by atoms with Crippen LogP contribution in [0.1, 0.15) is 38.5 Å². The van der Waals surface area contributed by atoms with Crippen molar-refractivity contribution in [1.29, 1.82) is 0 Å². The highest BCUT2D eigenvalue weighted by Gasteiger charge is 2.44. The molecule has 1 saturated carbocycles. The van der Waals surface area contributed by atoms with Crippen molar-refractivity contribution in [2.45, 2.75) is 56.3 Å². The van der Waals surface area contributed by atoms with Crippen LogP contribution >= 0.6 is 0 Å². The minimum atomic E-state index is -1.00. The van der Waals surface area contributed by atoms with Gasteiger partial charge in [0, 0.05) is 12.1 Å². The highest BCUT2D eigenvalue weighted by molar-refractivity contribution is 5.00. The van der Waals surface area contributed by atoms with E-state index in [-0.39, 0.29) is 12.1 Å². The van der Waals surface area contributed by atoms with E-state index in [1.54, 1.807) is 0 Å². The second kappa shape index (κ2) is 3.54. The van der Waals surface area contributed by atoms with E-state index in [1.807, 2.05) is 0 Å². The second-order valence-corrected chi connectivity index (χ2v) is 4.54. The van der Waals surface area contributed by atoms with Gasteiger partial charge < -0.3 is 11.1 Å². The fraction of sp³-hybridized carbons (Fsp3) is 1.00. The van der Waals surface area contributed by atoms with Gasteiger partial charge >= 0.3 is 0 Å². The minimum absolute atomic E-state index is 0.0785. The summed E-state index contributed by atoms with van der Waals surface area (Å²) in [5.74, 6) is 0. The summed E-state index contributed by atoms with van der Waals surface area (Å²) in [4.78, 5) is 0. The lowest BCUT2D eigenvalue weighted by atomic mass is 9.88. The lowest BCUT2D eigenvalue weighted by molar-refractivity contribution is 0.0943. The van der Waals surface area contributed by atoms with Gasteiger partial charge in [0.1, 0.15) is 5.67 Å². The number of nitrogens with two attached hydrogens (primary N) is 1. The molecule has 3 N–H and O–H groups in total. The number of alkyl halides is 1. The third-order valence-corrected chi connectivity index (χ3v) is 3.47. The molecule has 2 nitrogen and oxygen atoms in total. The quantitative estimate of drug-likeness (QED) is 0.648. The molecule has 2 fully saturated rings. The summed E-state index contributed by atoms with van der Waals surface area (Å²) in [5.41, 5.74) is 4.75. The van der Waals surface area contributed by atoms with Gasteiger partial charge in [0.05, 0.1) is 0 Å². The zero-order valence-electron chi connectivity index (χ0n) is 8.06. The SMILES string of the molecule is NC1CCC(F)(C2CCCCN2)C1. The van der Waals surface area contributed by atoms with Crippen molar-refractivity contribution in [1.82, 2.24) is 5.32 Å². The van der Waals surface area contributed by atoms with Crippen molar-refractivity contribution in [3.8, 4) is 0 Å². The topological polar surface area (TPSA) is 38.0 Å². The highest BCUT2D eigenvalue weighted by Crippen LogP contribution is 2.38. The maximum atomic E-state index is 14.3. The first-order valence-corrected chi connectivity index (χ1v) is 5.39. The minimum Gasteiger partial charge on any atom is -0.328 e. The van der Waals surface area contributed by atoms with Crippen molar-refractivity contribution in [2.24, 2.45) is 5.73 Å². The monoisotopic (exact) mass is 186 g/mol. The summed E-state index contributed by atoms with van der Waals surface area (Å²) in [7, 11) is 0. The Morgan fingerprint density at radius 3 is 2.69 bits per heavy atom. The number of hydrogen-bond acceptors (Lipinski definition) is 2. The molecule has 1 heterocycles. The van der Waals surface area contributed by atoms with E-state index in [4.69, 9.17) is 5.73 Å². The van der Waals surface area contributed by atoms with Crippen LogP contribution in [0.3, 0.4) is 0 Å². The molecule has 0 aromatic heterocycles. The van der Waals surface area contributed by atoms with Crippen LogP contribution in [0, 0.1) is 0 Å². The van der Waals surface area contributed by atoms with Crippen molar-refractivity contribution < 1.29 is 4.39 Å². The Balaban J connectivity index is 1.97. The average molecular weight is 186 g/mol. The number of rotatable bonds is 1. The molecule has 3 unspecified atom stereocenters. The van der Waals surface area contributed by atoms with E-state index in [9.17, 15) is 4.39 Å². The predicted molar refractivity (Wildman–Crippen MR) is 51.3 cm³/mol. The molecular formula is C10H19FN2. The molecule has 1 aliphatic carbocycles. The van der Waals surface area contributed by atoms with Gasteiger partial charge in [0.25, 0.3) is 0 Å². The molecule has 0 aromatic carbocycles. The Labute approximate surface area is 79.1 Å². The van der Waals surface area contributed by atoms with Crippen LogP contribution < -0.4 is 11.1 Å². The zero-order chi connectivity index (χ0) is 9.31. The Bertz CT molecular complexity index is 180. The number of halogens is 1. The van der Waals surface area contributed by atoms with Gasteiger partial charge in [0.2, 0.25) is 0 Å². The Kier molecular flexibility index (Phi) is 2.56. The molecule has 0 radical (unpaired) electrons. The maximum absolute atomic E-state index is 14.3. The number of piperidine rings is 1. The maximum Gasteiger partial charge on any atom is 0.127 e. The van der Waals surface area contributed by atoms with Gasteiger partial charge in [-0.25, -0.2) is 4.39 Å². The van der Waals surface area contributed by atoms with E-state index in [0.29, 0.717) is 12.8 Å². The van der Waals surface area contributed by atoms with Gasteiger partial charge in [-0.1, -0.05) is 6.42 Å². The molecule has 76 valence electrons. The molecule has 3 heteroatoms. The second-order valence-electron chi connectivity index (χ2n) is 4.54. The van der Waals surface area contributed by atoms with Gasteiger partial charge in [-0.3, -0.25) is 0 Å². The molecule has 0 aromatic rings. The summed E-state index contributed by atoms with van der Waals surface area (Å²) in [5, 5.41) is 3.29. The summed E-state index contributed by atoms with van der Waals surface area (Å²) >= 11 is 0. The summed E-state index contributed by atoms with van der Waals surface area (Å²) in [6, 6.07) is 0.170. The van der Waals surface area contributed by atoms with Gasteiger partial charge in [-0.05, 0) is 38.6 Å². The van der Waals surface area contributed by atoms with Crippen LogP contribution in [-0.4, -0.2) is 24.3 Å². The lowest BCUT2D eigenvalue weighted by Gasteiger charge is -2.34. The first-order valence-electron chi connectivity index (χ1n) is 5.39. The summed E-state index contributed by atoms with van der Waals surface area (Å²) < 4.78 is 14.3. The third kappa shape index (κ3) is 1.86. The van der Waals surface area contributed by atoms with E-state index < -0.39 is 5.67 Å². The summed E-state index contributed by atoms with van der Waals surface area (Å²) in [6.07, 6.45) is 5.42. The molecule has 13 heavy (non-hydrogen) atoms. The largest absolute Gasteiger partial charge is 0.328 e. The third-order valence-electron chi connectivity index (χ3n) is 3.47. The fourth-order valence-electron chi connectivity index (χ4n) is 2.68. The summed E-state index contributed by atoms with van der Waals surface area (Å²) in [6.45, 7) is 0.978. The first-order chi connectivity index (χ1) is 6.21. The normalized spacial score (nSPS) is 46.6. The first kappa shape index (κ1) is 9.41. The Hall–Kier alpha value is -0.150. The fourth-order valence-corrected chi connectivity index (χ4v) is 2.68. The van der Waals surface area contributed by atoms with Gasteiger partial charge in [0.15, 0.2) is 0 Å². The van der Waals surface area contributed by atoms with Gasteiger partial charge in [-0.2, -0.15) is 0 Å². The van der Waals surface area contributed by atoms with Crippen LogP contribution in [0.15, 0.2) is 0 Å². The van der Waals surface area contributed by atoms with E-state index in [2.05, 4.69) is 5.32 Å². The van der Waals surface area contributed by atoms with E-state index >= 15 is 0 Å². The van der Waals surface area contributed by atoms with Crippen molar-refractivity contribution in [3.63, 3.8) is 0 Å². The molecule has 1 saturated heterocycles. The molecule has 2 rings (SSSR count). The lowest BCUT2D eigenvalue weighted by Crippen LogP contribution is -2.49. The standard InChI is InChI=1S/C10H19FN2/c11-10(5-4-8(12)7-10)9-3-1-2-6-13-9/h8-9,13H,1-7,12H2. The molecular weight excluding hydrogens is 167 g/mol. The number of nitrogens with one attached hydrogen (secondary N) is 1. The van der Waals surface area contributed by atoms with E-state index in [0.717, 1.165) is 19.4 Å². The average Bonchev–Trinajstić information content (AvgIpc) is 2.49. The highest BCUT2D eigenvalue weighted by atomic mass is 19.1. The van der Waals surface area contributed by atoms with Crippen molar-refractivity contribution >= 4 is 0 Å². The molecule has 3 atom stereocenters. The molecule has 0 amide bonds. The Morgan fingerprint density at radius 1 is 1.31 bits per heavy atom. The van der Waals surface area contributed by atoms with Crippen LogP contribution in [-0.2, 0) is 0 Å². The molecule has 2 aliphatic rings. The molecule has 0 bridgehead atoms. The Morgan fingerprint density at radius 2 is 2.15 bits per heavy atom. The van der Waals surface area contributed by atoms with Crippen LogP contribution in [0.25, 0.3) is 0 Å². The van der Waals surface area contributed by atoms with Crippen molar-refractivity contribution in [2.75, 3.05) is 6.54 Å². The van der Waals surface area contributed by atoms with E-state index in [1.165, 1.54) is 12.8 Å². The van der Waals surface area contributed by atoms with Gasteiger partial charge in [-0.15, -0.1) is 0 Å². The molecule has 0 spiro atoms. The predicted octanol–water partition coefficient (Wildman–Crippen LogP) is 1.35.